The maximum Gasteiger partial charge on any atom is 0.254 e. The average molecular weight is 349 g/mol. The average Bonchev–Trinajstić information content (AvgIpc) is 3.36. The first-order chi connectivity index (χ1) is 12.8. The molecule has 0 aliphatic carbocycles. The van der Waals surface area contributed by atoms with E-state index in [0.717, 1.165) is 12.2 Å². The third-order valence-corrected chi connectivity index (χ3v) is 4.35. The van der Waals surface area contributed by atoms with E-state index in [0.29, 0.717) is 30.2 Å². The van der Waals surface area contributed by atoms with Gasteiger partial charge in [-0.1, -0.05) is 30.3 Å². The predicted molar refractivity (Wildman–Crippen MR) is 96.2 cm³/mol. The molecule has 132 valence electrons. The van der Waals surface area contributed by atoms with Crippen LogP contribution >= 0.6 is 0 Å². The number of nitrogens with zero attached hydrogens (tertiary/aromatic N) is 1. The smallest absolute Gasteiger partial charge is 0.254 e. The van der Waals surface area contributed by atoms with Crippen LogP contribution in [-0.2, 0) is 13.0 Å². The third-order valence-electron chi connectivity index (χ3n) is 4.35. The second-order valence-corrected chi connectivity index (χ2v) is 6.11. The molecule has 1 amide bonds. The Bertz CT molecular complexity index is 874. The van der Waals surface area contributed by atoms with Crippen molar-refractivity contribution in [3.8, 4) is 11.5 Å². The van der Waals surface area contributed by atoms with Crippen LogP contribution in [0.4, 0.5) is 0 Å². The van der Waals surface area contributed by atoms with Crippen LogP contribution in [-0.4, -0.2) is 24.1 Å². The highest BCUT2D eigenvalue weighted by Gasteiger charge is 2.21. The zero-order valence-electron chi connectivity index (χ0n) is 14.3. The Labute approximate surface area is 151 Å². The van der Waals surface area contributed by atoms with Crippen molar-refractivity contribution in [3.63, 3.8) is 0 Å². The van der Waals surface area contributed by atoms with Crippen molar-refractivity contribution in [1.29, 1.82) is 0 Å². The van der Waals surface area contributed by atoms with Gasteiger partial charge in [-0.25, -0.2) is 0 Å². The van der Waals surface area contributed by atoms with Crippen molar-refractivity contribution >= 4 is 5.91 Å². The van der Waals surface area contributed by atoms with Gasteiger partial charge in [0, 0.05) is 12.1 Å². The lowest BCUT2D eigenvalue weighted by molar-refractivity contribution is 0.0733. The molecular weight excluding hydrogens is 330 g/mol. The van der Waals surface area contributed by atoms with E-state index < -0.39 is 0 Å². The maximum atomic E-state index is 13.1. The standard InChI is InChI=1S/C21H19NO4/c23-21(17-8-9-19-20(13-17)26-15-25-19)22(14-18-7-4-12-24-18)11-10-16-5-2-1-3-6-16/h1-9,12-13H,10-11,14-15H2. The first-order valence-corrected chi connectivity index (χ1v) is 8.55. The Morgan fingerprint density at radius 2 is 1.81 bits per heavy atom. The lowest BCUT2D eigenvalue weighted by Crippen LogP contribution is -2.32. The van der Waals surface area contributed by atoms with Crippen LogP contribution in [0.1, 0.15) is 21.7 Å². The van der Waals surface area contributed by atoms with Crippen LogP contribution in [0, 0.1) is 0 Å². The molecule has 0 N–H and O–H groups in total. The third kappa shape index (κ3) is 3.57. The molecule has 0 unspecified atom stereocenters. The van der Waals surface area contributed by atoms with Gasteiger partial charge in [0.2, 0.25) is 6.79 Å². The van der Waals surface area contributed by atoms with Gasteiger partial charge in [0.15, 0.2) is 11.5 Å². The van der Waals surface area contributed by atoms with Gasteiger partial charge in [0.25, 0.3) is 5.91 Å². The van der Waals surface area contributed by atoms with Crippen LogP contribution in [0.25, 0.3) is 0 Å². The maximum absolute atomic E-state index is 13.1. The van der Waals surface area contributed by atoms with Gasteiger partial charge < -0.3 is 18.8 Å². The van der Waals surface area contributed by atoms with Crippen LogP contribution in [0.5, 0.6) is 11.5 Å². The molecule has 1 aromatic heterocycles. The lowest BCUT2D eigenvalue weighted by Gasteiger charge is -2.22. The monoisotopic (exact) mass is 349 g/mol. The zero-order valence-corrected chi connectivity index (χ0v) is 14.3. The van der Waals surface area contributed by atoms with Crippen molar-refractivity contribution in [3.05, 3.63) is 83.8 Å². The lowest BCUT2D eigenvalue weighted by atomic mass is 10.1. The molecule has 0 radical (unpaired) electrons. The fourth-order valence-electron chi connectivity index (χ4n) is 2.96. The van der Waals surface area contributed by atoms with Crippen LogP contribution in [0.3, 0.4) is 0 Å². The summed E-state index contributed by atoms with van der Waals surface area (Å²) in [6.07, 6.45) is 2.40. The van der Waals surface area contributed by atoms with Crippen LogP contribution in [0.2, 0.25) is 0 Å². The van der Waals surface area contributed by atoms with E-state index in [-0.39, 0.29) is 12.7 Å². The number of carbonyl (C=O) groups is 1. The minimum absolute atomic E-state index is 0.0596. The normalized spacial score (nSPS) is 12.2. The number of ether oxygens (including phenoxy) is 2. The number of amides is 1. The predicted octanol–water partition coefficient (Wildman–Crippen LogP) is 3.89. The molecule has 5 heteroatoms. The quantitative estimate of drug-likeness (QED) is 0.677. The summed E-state index contributed by atoms with van der Waals surface area (Å²) < 4.78 is 16.2. The summed E-state index contributed by atoms with van der Waals surface area (Å²) in [7, 11) is 0. The van der Waals surface area contributed by atoms with Gasteiger partial charge in [-0.3, -0.25) is 4.79 Å². The van der Waals surface area contributed by atoms with Gasteiger partial charge in [-0.15, -0.1) is 0 Å². The topological polar surface area (TPSA) is 51.9 Å². The van der Waals surface area contributed by atoms with Gasteiger partial charge >= 0.3 is 0 Å². The molecule has 1 aliphatic rings. The van der Waals surface area contributed by atoms with Crippen molar-refractivity contribution in [2.24, 2.45) is 0 Å². The van der Waals surface area contributed by atoms with E-state index in [1.54, 1.807) is 29.4 Å². The number of fused-ring (bicyclic) bond motifs is 1. The molecule has 0 saturated heterocycles. The molecule has 1 aliphatic heterocycles. The van der Waals surface area contributed by atoms with Gasteiger partial charge in [0.1, 0.15) is 5.76 Å². The minimum atomic E-state index is -0.0596. The highest BCUT2D eigenvalue weighted by molar-refractivity contribution is 5.95. The molecule has 4 rings (SSSR count). The molecule has 0 bridgehead atoms. The minimum Gasteiger partial charge on any atom is -0.467 e. The summed E-state index contributed by atoms with van der Waals surface area (Å²) in [6, 6.07) is 19.1. The first kappa shape index (κ1) is 16.3. The first-order valence-electron chi connectivity index (χ1n) is 8.55. The van der Waals surface area contributed by atoms with E-state index in [1.807, 2.05) is 30.3 Å². The highest BCUT2D eigenvalue weighted by Crippen LogP contribution is 2.33. The Balaban J connectivity index is 1.53. The van der Waals surface area contributed by atoms with Gasteiger partial charge in [-0.2, -0.15) is 0 Å². The van der Waals surface area contributed by atoms with Crippen molar-refractivity contribution in [2.75, 3.05) is 13.3 Å². The van der Waals surface area contributed by atoms with Crippen molar-refractivity contribution < 1.29 is 18.7 Å². The van der Waals surface area contributed by atoms with E-state index in [1.165, 1.54) is 5.56 Å². The second-order valence-electron chi connectivity index (χ2n) is 6.11. The summed E-state index contributed by atoms with van der Waals surface area (Å²) >= 11 is 0. The Morgan fingerprint density at radius 1 is 0.962 bits per heavy atom. The Morgan fingerprint density at radius 3 is 2.62 bits per heavy atom. The summed E-state index contributed by atoms with van der Waals surface area (Å²) in [5.74, 6) is 1.98. The molecule has 5 nitrogen and oxygen atoms in total. The number of benzene rings is 2. The Hall–Kier alpha value is -3.21. The zero-order chi connectivity index (χ0) is 17.8. The molecule has 2 heterocycles. The number of hydrogen-bond acceptors (Lipinski definition) is 4. The van der Waals surface area contributed by atoms with E-state index in [4.69, 9.17) is 13.9 Å². The van der Waals surface area contributed by atoms with Crippen LogP contribution < -0.4 is 9.47 Å². The summed E-state index contributed by atoms with van der Waals surface area (Å²) in [4.78, 5) is 14.9. The summed E-state index contributed by atoms with van der Waals surface area (Å²) in [6.45, 7) is 1.21. The van der Waals surface area contributed by atoms with Gasteiger partial charge in [0.05, 0.1) is 12.8 Å². The van der Waals surface area contributed by atoms with Crippen LogP contribution in [0.15, 0.2) is 71.3 Å². The Kier molecular flexibility index (Phi) is 4.60. The molecular formula is C21H19NO4. The number of carbonyl (C=O) groups excluding carboxylic acids is 1. The van der Waals surface area contributed by atoms with Crippen molar-refractivity contribution in [1.82, 2.24) is 4.90 Å². The highest BCUT2D eigenvalue weighted by atomic mass is 16.7. The molecule has 26 heavy (non-hydrogen) atoms. The molecule has 0 spiro atoms. The molecule has 2 aromatic carbocycles. The van der Waals surface area contributed by atoms with E-state index >= 15 is 0 Å². The largest absolute Gasteiger partial charge is 0.467 e. The molecule has 3 aromatic rings. The fraction of sp³-hybridized carbons (Fsp3) is 0.190. The second kappa shape index (κ2) is 7.35. The van der Waals surface area contributed by atoms with E-state index in [2.05, 4.69) is 12.1 Å². The van der Waals surface area contributed by atoms with E-state index in [9.17, 15) is 4.79 Å². The SMILES string of the molecule is O=C(c1ccc2c(c1)OCO2)N(CCc1ccccc1)Cc1ccco1. The molecule has 0 saturated carbocycles. The molecule has 0 atom stereocenters. The summed E-state index contributed by atoms with van der Waals surface area (Å²) in [5, 5.41) is 0. The fourth-order valence-corrected chi connectivity index (χ4v) is 2.96. The van der Waals surface area contributed by atoms with Gasteiger partial charge in [-0.05, 0) is 42.3 Å². The van der Waals surface area contributed by atoms with Crippen molar-refractivity contribution in [2.45, 2.75) is 13.0 Å². The number of hydrogen-bond donors (Lipinski definition) is 0. The number of furan rings is 1. The summed E-state index contributed by atoms with van der Waals surface area (Å²) in [5.41, 5.74) is 1.77. The number of rotatable bonds is 6. The molecule has 0 fully saturated rings.